The Morgan fingerprint density at radius 2 is 1.69 bits per heavy atom. The van der Waals surface area contributed by atoms with Gasteiger partial charge in [-0.3, -0.25) is 0 Å². The predicted octanol–water partition coefficient (Wildman–Crippen LogP) is 3.70. The second kappa shape index (κ2) is 4.26. The zero-order chi connectivity index (χ0) is 11.5. The quantitative estimate of drug-likeness (QED) is 0.705. The molecule has 0 amide bonds. The van der Waals surface area contributed by atoms with Gasteiger partial charge in [0.15, 0.2) is 17.5 Å². The summed E-state index contributed by atoms with van der Waals surface area (Å²) in [5.41, 5.74) is 0. The maximum atomic E-state index is 12.8. The molecule has 0 spiro atoms. The Bertz CT molecular complexity index is 474. The second-order valence-corrected chi connectivity index (χ2v) is 3.04. The van der Waals surface area contributed by atoms with Gasteiger partial charge in [-0.05, 0) is 18.2 Å². The van der Waals surface area contributed by atoms with Gasteiger partial charge in [-0.25, -0.2) is 13.2 Å². The summed E-state index contributed by atoms with van der Waals surface area (Å²) in [6, 6.07) is 10.7. The highest BCUT2D eigenvalue weighted by Gasteiger charge is 2.11. The highest BCUT2D eigenvalue weighted by Crippen LogP contribution is 2.24. The van der Waals surface area contributed by atoms with Crippen LogP contribution >= 0.6 is 0 Å². The molecule has 0 aliphatic heterocycles. The van der Waals surface area contributed by atoms with Gasteiger partial charge in [0.2, 0.25) is 0 Å². The van der Waals surface area contributed by atoms with Gasteiger partial charge in [-0.1, -0.05) is 12.1 Å². The first-order valence-corrected chi connectivity index (χ1v) is 4.45. The van der Waals surface area contributed by atoms with Crippen molar-refractivity contribution in [2.75, 3.05) is 0 Å². The van der Waals surface area contributed by atoms with Crippen LogP contribution in [0.5, 0.6) is 11.5 Å². The lowest BCUT2D eigenvalue weighted by molar-refractivity contribution is 0.423. The van der Waals surface area contributed by atoms with Crippen molar-refractivity contribution in [3.63, 3.8) is 0 Å². The van der Waals surface area contributed by atoms with Crippen LogP contribution in [-0.4, -0.2) is 0 Å². The predicted molar refractivity (Wildman–Crippen MR) is 51.7 cm³/mol. The Hall–Kier alpha value is -1.97. The summed E-state index contributed by atoms with van der Waals surface area (Å²) in [6.07, 6.45) is 0. The molecule has 81 valence electrons. The first-order chi connectivity index (χ1) is 7.66. The summed E-state index contributed by atoms with van der Waals surface area (Å²) in [6.45, 7) is 0. The molecule has 4 heteroatoms. The topological polar surface area (TPSA) is 9.23 Å². The summed E-state index contributed by atoms with van der Waals surface area (Å²) < 4.78 is 43.4. The highest BCUT2D eigenvalue weighted by molar-refractivity contribution is 5.31. The number of ether oxygens (including phenoxy) is 1. The molecule has 0 bridgehead atoms. The monoisotopic (exact) mass is 223 g/mol. The molecule has 0 aliphatic rings. The van der Waals surface area contributed by atoms with Gasteiger partial charge in [0.25, 0.3) is 0 Å². The molecule has 2 aromatic carbocycles. The molecule has 0 unspecified atom stereocenters. The normalized spacial score (nSPS) is 10.2. The van der Waals surface area contributed by atoms with Gasteiger partial charge in [0.1, 0.15) is 11.5 Å². The molecule has 0 N–H and O–H groups in total. The van der Waals surface area contributed by atoms with E-state index in [4.69, 9.17) is 4.74 Å². The molecule has 2 rings (SSSR count). The average molecular weight is 223 g/mol. The van der Waals surface area contributed by atoms with E-state index < -0.39 is 17.5 Å². The zero-order valence-corrected chi connectivity index (χ0v) is 8.01. The van der Waals surface area contributed by atoms with Crippen LogP contribution < -0.4 is 4.74 Å². The van der Waals surface area contributed by atoms with Crippen LogP contribution in [0.3, 0.4) is 0 Å². The lowest BCUT2D eigenvalue weighted by atomic mass is 10.3. The molecule has 0 saturated heterocycles. The molecule has 0 aromatic heterocycles. The van der Waals surface area contributed by atoms with Crippen LogP contribution in [0, 0.1) is 23.5 Å². The Morgan fingerprint density at radius 3 is 2.25 bits per heavy atom. The number of halogens is 3. The third-order valence-electron chi connectivity index (χ3n) is 1.87. The smallest absolute Gasteiger partial charge is 0.194 e. The van der Waals surface area contributed by atoms with Crippen molar-refractivity contribution in [1.29, 1.82) is 0 Å². The molecule has 0 fully saturated rings. The van der Waals surface area contributed by atoms with Crippen molar-refractivity contribution in [1.82, 2.24) is 0 Å². The lowest BCUT2D eigenvalue weighted by Crippen LogP contribution is -1.92. The first-order valence-electron chi connectivity index (χ1n) is 4.45. The standard InChI is InChI=1S/C12H6F3O/c13-10-6-9(7-11(14)12(10)15)16-8-4-2-1-3-5-8/h1-2,4-7H. The van der Waals surface area contributed by atoms with Crippen molar-refractivity contribution in [2.45, 2.75) is 0 Å². The van der Waals surface area contributed by atoms with Crippen molar-refractivity contribution in [3.8, 4) is 11.5 Å². The third kappa shape index (κ3) is 2.16. The van der Waals surface area contributed by atoms with Crippen molar-refractivity contribution >= 4 is 0 Å². The van der Waals surface area contributed by atoms with Crippen LogP contribution in [0.4, 0.5) is 13.2 Å². The summed E-state index contributed by atoms with van der Waals surface area (Å²) in [5, 5.41) is 0. The third-order valence-corrected chi connectivity index (χ3v) is 1.87. The first kappa shape index (κ1) is 10.5. The summed E-state index contributed by atoms with van der Waals surface area (Å²) >= 11 is 0. The second-order valence-electron chi connectivity index (χ2n) is 3.04. The van der Waals surface area contributed by atoms with Crippen LogP contribution in [0.1, 0.15) is 0 Å². The number of hydrogen-bond acceptors (Lipinski definition) is 1. The van der Waals surface area contributed by atoms with E-state index in [9.17, 15) is 13.2 Å². The molecule has 16 heavy (non-hydrogen) atoms. The maximum Gasteiger partial charge on any atom is 0.194 e. The van der Waals surface area contributed by atoms with Gasteiger partial charge >= 0.3 is 0 Å². The van der Waals surface area contributed by atoms with Gasteiger partial charge in [-0.2, -0.15) is 0 Å². The van der Waals surface area contributed by atoms with Crippen molar-refractivity contribution in [3.05, 3.63) is 59.9 Å². The molecule has 0 atom stereocenters. The Balaban J connectivity index is 2.29. The van der Waals surface area contributed by atoms with Crippen LogP contribution in [-0.2, 0) is 0 Å². The number of rotatable bonds is 2. The molecule has 2 aromatic rings. The molecule has 1 nitrogen and oxygen atoms in total. The van der Waals surface area contributed by atoms with Gasteiger partial charge in [-0.15, -0.1) is 0 Å². The largest absolute Gasteiger partial charge is 0.457 e. The van der Waals surface area contributed by atoms with E-state index in [1.54, 1.807) is 18.2 Å². The van der Waals surface area contributed by atoms with Gasteiger partial charge in [0.05, 0.1) is 0 Å². The molecular weight excluding hydrogens is 217 g/mol. The van der Waals surface area contributed by atoms with E-state index in [1.807, 2.05) is 0 Å². The summed E-state index contributed by atoms with van der Waals surface area (Å²) in [7, 11) is 0. The average Bonchev–Trinajstić information content (AvgIpc) is 2.27. The summed E-state index contributed by atoms with van der Waals surface area (Å²) in [5.74, 6) is -3.80. The van der Waals surface area contributed by atoms with Gasteiger partial charge in [0, 0.05) is 12.1 Å². The maximum absolute atomic E-state index is 12.8. The minimum absolute atomic E-state index is 0.101. The molecule has 0 heterocycles. The van der Waals surface area contributed by atoms with Crippen LogP contribution in [0.2, 0.25) is 0 Å². The Labute approximate surface area is 90.1 Å². The molecule has 0 saturated carbocycles. The molecular formula is C12H6F3O. The Morgan fingerprint density at radius 1 is 1.00 bits per heavy atom. The Kier molecular flexibility index (Phi) is 2.81. The number of hydrogen-bond donors (Lipinski definition) is 0. The molecule has 1 radical (unpaired) electrons. The zero-order valence-electron chi connectivity index (χ0n) is 8.01. The van der Waals surface area contributed by atoms with Crippen LogP contribution in [0.15, 0.2) is 36.4 Å². The van der Waals surface area contributed by atoms with E-state index in [2.05, 4.69) is 6.07 Å². The van der Waals surface area contributed by atoms with E-state index >= 15 is 0 Å². The lowest BCUT2D eigenvalue weighted by Gasteiger charge is -2.05. The minimum Gasteiger partial charge on any atom is -0.457 e. The van der Waals surface area contributed by atoms with E-state index in [0.29, 0.717) is 5.75 Å². The minimum atomic E-state index is -1.51. The fraction of sp³-hybridized carbons (Fsp3) is 0. The highest BCUT2D eigenvalue weighted by atomic mass is 19.2. The number of benzene rings is 2. The van der Waals surface area contributed by atoms with Crippen molar-refractivity contribution < 1.29 is 17.9 Å². The van der Waals surface area contributed by atoms with Crippen LogP contribution in [0.25, 0.3) is 0 Å². The van der Waals surface area contributed by atoms with E-state index in [-0.39, 0.29) is 5.75 Å². The fourth-order valence-corrected chi connectivity index (χ4v) is 1.17. The molecule has 0 aliphatic carbocycles. The fourth-order valence-electron chi connectivity index (χ4n) is 1.17. The van der Waals surface area contributed by atoms with Crippen molar-refractivity contribution in [2.24, 2.45) is 0 Å². The van der Waals surface area contributed by atoms with Gasteiger partial charge < -0.3 is 4.74 Å². The SMILES string of the molecule is Fc1cc(Oc2c[c]ccc2)cc(F)c1F. The van der Waals surface area contributed by atoms with E-state index in [1.165, 1.54) is 6.07 Å². The van der Waals surface area contributed by atoms with E-state index in [0.717, 1.165) is 12.1 Å². The summed E-state index contributed by atoms with van der Waals surface area (Å²) in [4.78, 5) is 0.